The van der Waals surface area contributed by atoms with Gasteiger partial charge in [-0.1, -0.05) is 144 Å². The first-order valence-electron chi connectivity index (χ1n) is 20.5. The fraction of sp³-hybridized carbons (Fsp3) is 0.400. The Hall–Kier alpha value is -4.64. The molecule has 5 rings (SSSR count). The topological polar surface area (TPSA) is 89.5 Å². The van der Waals surface area contributed by atoms with Gasteiger partial charge in [0.2, 0.25) is 0 Å². The van der Waals surface area contributed by atoms with Crippen LogP contribution in [0.2, 0.25) is 0 Å². The van der Waals surface area contributed by atoms with Crippen LogP contribution in [-0.4, -0.2) is 0 Å². The second-order valence-electron chi connectivity index (χ2n) is 19.8. The number of benzene rings is 5. The summed E-state index contributed by atoms with van der Waals surface area (Å²) in [6.45, 7) is 32.9. The lowest BCUT2D eigenvalue weighted by Gasteiger charge is -2.29. The minimum atomic E-state index is -4.43. The van der Waals surface area contributed by atoms with E-state index < -0.39 is 15.6 Å². The summed E-state index contributed by atoms with van der Waals surface area (Å²) in [5.41, 5.74) is 6.04. The van der Waals surface area contributed by atoms with Crippen molar-refractivity contribution in [3.8, 4) is 34.5 Å². The molecular weight excluding hydrogens is 790 g/mol. The van der Waals surface area contributed by atoms with Gasteiger partial charge in [-0.15, -0.1) is 0 Å². The van der Waals surface area contributed by atoms with Gasteiger partial charge in [0.1, 0.15) is 34.5 Å². The van der Waals surface area contributed by atoms with Crippen LogP contribution < -0.4 is 27.1 Å². The van der Waals surface area contributed by atoms with Crippen LogP contribution in [0.15, 0.2) is 97.1 Å². The van der Waals surface area contributed by atoms with E-state index in [1.165, 1.54) is 0 Å². The number of hydrogen-bond acceptors (Lipinski definition) is 8. The zero-order chi connectivity index (χ0) is 44.6. The van der Waals surface area contributed by atoms with Gasteiger partial charge in [-0.05, 0) is 119 Å². The Morgan fingerprint density at radius 2 is 0.667 bits per heavy atom. The number of aryl methyl sites for hydroxylation is 4. The van der Waals surface area contributed by atoms with E-state index in [0.717, 1.165) is 44.5 Å². The van der Waals surface area contributed by atoms with Gasteiger partial charge in [-0.25, -0.2) is 0 Å². The average molecular weight is 855 g/mol. The molecule has 8 nitrogen and oxygen atoms in total. The van der Waals surface area contributed by atoms with Gasteiger partial charge in [0.05, 0.1) is 0 Å². The van der Waals surface area contributed by atoms with Crippen LogP contribution in [0.4, 0.5) is 0 Å². The average Bonchev–Trinajstić information content (AvgIpc) is 3.11. The predicted octanol–water partition coefficient (Wildman–Crippen LogP) is 15.4. The summed E-state index contributed by atoms with van der Waals surface area (Å²) in [6.07, 6.45) is 0. The molecule has 2 unspecified atom stereocenters. The van der Waals surface area contributed by atoms with E-state index in [0.29, 0.717) is 23.0 Å². The first-order chi connectivity index (χ1) is 27.6. The van der Waals surface area contributed by atoms with Gasteiger partial charge in [-0.2, -0.15) is 9.13 Å². The molecule has 0 aliphatic rings. The van der Waals surface area contributed by atoms with E-state index >= 15 is 0 Å². The van der Waals surface area contributed by atoms with Crippen molar-refractivity contribution in [2.75, 3.05) is 0 Å². The second-order valence-corrected chi connectivity index (χ2v) is 22.7. The molecule has 0 heterocycles. The van der Waals surface area contributed by atoms with E-state index in [9.17, 15) is 9.13 Å². The largest absolute Gasteiger partial charge is 0.647 e. The van der Waals surface area contributed by atoms with Crippen LogP contribution in [0.1, 0.15) is 128 Å². The number of rotatable bonds is 12. The van der Waals surface area contributed by atoms with Crippen molar-refractivity contribution in [1.29, 1.82) is 0 Å². The molecule has 0 saturated carbocycles. The normalized spacial score (nSPS) is 14.4. The van der Waals surface area contributed by atoms with Crippen LogP contribution in [0.5, 0.6) is 34.5 Å². The number of hydrogen-bond donors (Lipinski definition) is 0. The van der Waals surface area contributed by atoms with E-state index in [2.05, 4.69) is 95.2 Å². The maximum Gasteiger partial charge on any atom is 0.647 e. The fourth-order valence-corrected chi connectivity index (χ4v) is 9.41. The van der Waals surface area contributed by atoms with E-state index in [-0.39, 0.29) is 33.2 Å². The Bertz CT molecular complexity index is 2210. The van der Waals surface area contributed by atoms with Crippen molar-refractivity contribution in [2.45, 2.75) is 132 Å². The molecule has 0 aliphatic heterocycles. The van der Waals surface area contributed by atoms with Crippen molar-refractivity contribution in [3.05, 3.63) is 142 Å². The molecule has 5 aromatic rings. The smallest absolute Gasteiger partial charge is 0.386 e. The Labute approximate surface area is 359 Å². The first kappa shape index (κ1) is 46.4. The van der Waals surface area contributed by atoms with Crippen molar-refractivity contribution < 1.29 is 36.3 Å². The summed E-state index contributed by atoms with van der Waals surface area (Å²) in [7, 11) is -8.87. The molecule has 10 heteroatoms. The monoisotopic (exact) mass is 854 g/mol. The van der Waals surface area contributed by atoms with Gasteiger partial charge >= 0.3 is 15.6 Å². The first-order valence-corrected chi connectivity index (χ1v) is 23.4. The van der Waals surface area contributed by atoms with Crippen LogP contribution in [-0.2, 0) is 30.8 Å². The third-order valence-electron chi connectivity index (χ3n) is 10.2. The van der Waals surface area contributed by atoms with Gasteiger partial charge in [0.15, 0.2) is 0 Å². The number of phosphoric ester groups is 2. The molecule has 0 saturated heterocycles. The Balaban J connectivity index is 1.54. The maximum absolute atomic E-state index is 15.0. The maximum atomic E-state index is 15.0. The van der Waals surface area contributed by atoms with Crippen LogP contribution in [0, 0.1) is 27.7 Å². The molecule has 0 aromatic heterocycles. The van der Waals surface area contributed by atoms with Gasteiger partial charge in [0.25, 0.3) is 0 Å². The molecule has 0 fully saturated rings. The number of phosphoric acid groups is 2. The Morgan fingerprint density at radius 3 is 0.933 bits per heavy atom. The fourth-order valence-electron chi connectivity index (χ4n) is 6.61. The lowest BCUT2D eigenvalue weighted by molar-refractivity contribution is 0.290. The van der Waals surface area contributed by atoms with Gasteiger partial charge in [0, 0.05) is 11.1 Å². The number of para-hydroxylation sites is 2. The SMILES string of the molecule is Cc1cccc(C)c1OP(=O)(Oc1ccc(OP(=O)(Oc2ccc(C(C)(C)C)cc2C(C)(C)C)Oc2c(C)cccc2C)cc1)Oc1ccc(C(C)(C)C)cc1C(C)(C)C. The summed E-state index contributed by atoms with van der Waals surface area (Å²) < 4.78 is 67.7. The third-order valence-corrected chi connectivity index (χ3v) is 12.7. The Kier molecular flexibility index (Phi) is 13.2. The molecule has 2 atom stereocenters. The molecule has 0 spiro atoms. The molecule has 60 heavy (non-hydrogen) atoms. The van der Waals surface area contributed by atoms with E-state index in [1.807, 2.05) is 88.4 Å². The van der Waals surface area contributed by atoms with E-state index in [1.54, 1.807) is 24.3 Å². The summed E-state index contributed by atoms with van der Waals surface area (Å²) in [6, 6.07) is 29.3. The molecule has 0 aliphatic carbocycles. The lowest BCUT2D eigenvalue weighted by Crippen LogP contribution is -2.18. The molecular formula is C50H64O8P2. The second kappa shape index (κ2) is 17.0. The van der Waals surface area contributed by atoms with E-state index in [4.69, 9.17) is 27.1 Å². The minimum absolute atomic E-state index is 0.123. The van der Waals surface area contributed by atoms with Crippen LogP contribution in [0.3, 0.4) is 0 Å². The van der Waals surface area contributed by atoms with Crippen molar-refractivity contribution in [2.24, 2.45) is 0 Å². The highest BCUT2D eigenvalue weighted by Crippen LogP contribution is 2.55. The van der Waals surface area contributed by atoms with Crippen molar-refractivity contribution in [1.82, 2.24) is 0 Å². The van der Waals surface area contributed by atoms with Gasteiger partial charge < -0.3 is 27.1 Å². The summed E-state index contributed by atoms with van der Waals surface area (Å²) in [5, 5.41) is 0. The highest BCUT2D eigenvalue weighted by molar-refractivity contribution is 7.50. The summed E-state index contributed by atoms with van der Waals surface area (Å²) in [4.78, 5) is 0. The van der Waals surface area contributed by atoms with Crippen LogP contribution >= 0.6 is 15.6 Å². The highest BCUT2D eigenvalue weighted by atomic mass is 31.2. The molecule has 322 valence electrons. The standard InChI is InChI=1S/C50H64O8P2/c1-33-19-17-20-34(2)45(33)57-59(51,55-43-29-23-37(47(5,6)7)31-41(43)49(11,12)13)53-39-25-27-40(28-26-39)54-60(52,58-46-35(3)21-18-22-36(46)4)56-44-30-24-38(48(8,9)10)32-42(44)50(14,15)16/h17-32H,1-16H3. The lowest BCUT2D eigenvalue weighted by atomic mass is 9.80. The molecule has 0 N–H and O–H groups in total. The zero-order valence-corrected chi connectivity index (χ0v) is 40.2. The molecule has 5 aromatic carbocycles. The summed E-state index contributed by atoms with van der Waals surface area (Å²) >= 11 is 0. The van der Waals surface area contributed by atoms with Crippen molar-refractivity contribution in [3.63, 3.8) is 0 Å². The summed E-state index contributed by atoms with van der Waals surface area (Å²) in [5.74, 6) is 1.90. The third kappa shape index (κ3) is 11.4. The Morgan fingerprint density at radius 1 is 0.367 bits per heavy atom. The minimum Gasteiger partial charge on any atom is -0.386 e. The zero-order valence-electron chi connectivity index (χ0n) is 38.4. The van der Waals surface area contributed by atoms with Gasteiger partial charge in [-0.3, -0.25) is 0 Å². The predicted molar refractivity (Wildman–Crippen MR) is 245 cm³/mol. The molecule has 0 radical (unpaired) electrons. The van der Waals surface area contributed by atoms with Crippen molar-refractivity contribution >= 4 is 15.6 Å². The molecule has 0 amide bonds. The highest BCUT2D eigenvalue weighted by Gasteiger charge is 2.39. The van der Waals surface area contributed by atoms with Crippen LogP contribution in [0.25, 0.3) is 0 Å². The quantitative estimate of drug-likeness (QED) is 0.115. The molecule has 0 bridgehead atoms.